The average molecular weight is 1920 g/mol. The van der Waals surface area contributed by atoms with Gasteiger partial charge in [0.05, 0.1) is 49.9 Å². The van der Waals surface area contributed by atoms with E-state index in [1.807, 2.05) is 78.9 Å². The molecule has 0 fully saturated rings. The molecule has 0 amide bonds. The molecule has 0 bridgehead atoms. The molecular weight excluding hydrogens is 1840 g/mol. The van der Waals surface area contributed by atoms with Gasteiger partial charge in [0.25, 0.3) is 0 Å². The molecule has 30 rings (SSSR count). The summed E-state index contributed by atoms with van der Waals surface area (Å²) in [7, 11) is 0. The lowest BCUT2D eigenvalue weighted by Crippen LogP contribution is -2.06. The van der Waals surface area contributed by atoms with Gasteiger partial charge in [-0.25, -0.2) is 19.9 Å². The second kappa shape index (κ2) is 37.0. The van der Waals surface area contributed by atoms with E-state index in [4.69, 9.17) is 53.1 Å². The van der Waals surface area contributed by atoms with Crippen molar-refractivity contribution >= 4 is 131 Å². The van der Waals surface area contributed by atoms with Gasteiger partial charge < -0.3 is 13.3 Å². The van der Waals surface area contributed by atoms with Crippen molar-refractivity contribution in [2.45, 2.75) is 0 Å². The van der Waals surface area contributed by atoms with E-state index in [1.54, 1.807) is 0 Å². The minimum atomic E-state index is 0.549. The van der Waals surface area contributed by atoms with Crippen molar-refractivity contribution in [3.8, 4) is 153 Å². The van der Waals surface area contributed by atoms with Crippen LogP contribution in [-0.2, 0) is 0 Å². The maximum atomic E-state index is 6.37. The van der Waals surface area contributed by atoms with E-state index in [2.05, 4.69) is 450 Å². The highest BCUT2D eigenvalue weighted by molar-refractivity contribution is 6.25. The van der Waals surface area contributed by atoms with Crippen LogP contribution in [0.2, 0.25) is 0 Å². The van der Waals surface area contributed by atoms with Gasteiger partial charge in [0.2, 0.25) is 17.8 Å². The predicted molar refractivity (Wildman–Crippen MR) is 612 cm³/mol. The topological polar surface area (TPSA) is 157 Å². The van der Waals surface area contributed by atoms with Crippen molar-refractivity contribution in [1.29, 1.82) is 0 Å². The summed E-state index contributed by atoms with van der Waals surface area (Å²) >= 11 is 0. The van der Waals surface area contributed by atoms with Crippen molar-refractivity contribution in [3.63, 3.8) is 0 Å². The number of benzene rings is 21. The molecule has 702 valence electrons. The molecule has 14 nitrogen and oxygen atoms in total. The maximum absolute atomic E-state index is 6.37. The quantitative estimate of drug-likeness (QED) is 0.0962. The Balaban J connectivity index is 0.000000108. The zero-order chi connectivity index (χ0) is 99.1. The molecule has 0 N–H and O–H groups in total. The highest BCUT2D eigenvalue weighted by Gasteiger charge is 2.27. The summed E-state index contributed by atoms with van der Waals surface area (Å²) in [5, 5.41) is 13.1. The third-order valence-electron chi connectivity index (χ3n) is 28.7. The van der Waals surface area contributed by atoms with Gasteiger partial charge in [-0.1, -0.05) is 437 Å². The molecule has 0 aliphatic carbocycles. The lowest BCUT2D eigenvalue weighted by Gasteiger charge is -2.12. The van der Waals surface area contributed by atoms with Gasteiger partial charge in [-0.05, 0) is 140 Å². The highest BCUT2D eigenvalue weighted by Crippen LogP contribution is 2.46. The van der Waals surface area contributed by atoms with Crippen molar-refractivity contribution in [3.05, 3.63) is 516 Å². The number of rotatable bonds is 15. The molecule has 0 radical (unpaired) electrons. The van der Waals surface area contributed by atoms with E-state index in [-0.39, 0.29) is 0 Å². The van der Waals surface area contributed by atoms with Crippen LogP contribution in [0.15, 0.2) is 529 Å². The van der Waals surface area contributed by atoms with Gasteiger partial charge in [-0.2, -0.15) is 19.9 Å². The van der Waals surface area contributed by atoms with Gasteiger partial charge in [0.1, 0.15) is 33.5 Å². The number of aromatic nitrogens is 11. The van der Waals surface area contributed by atoms with E-state index in [9.17, 15) is 0 Å². The molecule has 150 heavy (non-hydrogen) atoms. The molecule has 0 saturated carbocycles. The van der Waals surface area contributed by atoms with Crippen LogP contribution in [0.4, 0.5) is 0 Å². The summed E-state index contributed by atoms with van der Waals surface area (Å²) in [6.07, 6.45) is 0. The Labute approximate surface area is 860 Å². The summed E-state index contributed by atoms with van der Waals surface area (Å²) in [4.78, 5) is 41.6. The third-order valence-corrected chi connectivity index (χ3v) is 28.7. The van der Waals surface area contributed by atoms with E-state index < -0.39 is 0 Å². The molecular formula is C136H85N11O3. The first-order chi connectivity index (χ1) is 74.3. The van der Waals surface area contributed by atoms with Crippen LogP contribution in [0.3, 0.4) is 0 Å². The molecule has 0 aliphatic rings. The van der Waals surface area contributed by atoms with Gasteiger partial charge >= 0.3 is 0 Å². The van der Waals surface area contributed by atoms with E-state index in [0.717, 1.165) is 232 Å². The SMILES string of the molecule is c1ccc(-c2ccc(-c3cc(-c4ccc(-c5ccccc5)cc4)nc(-n4c5ccccc5c5cc6c(cc54)oc4ccccc46)n3)cc2)cc1.c1ccc(-c2ccc(-c3nc(-c4ccc(-c5ccccc5)cc4)nc(-n4c5ccccc5c5cc6oc7ccccc7c6cc54)n3)cc2)cc1.c1ccc(-c2ccc(-c3nc(-c4ccc(-c5ccccc5)cc4)nc(-n4c5ccccc5c5ccc6oc7ccccc7c6c54)n3)cc2)cc1. The molecule has 0 atom stereocenters. The molecule has 9 heterocycles. The predicted octanol–water partition coefficient (Wildman–Crippen LogP) is 35.2. The first-order valence-corrected chi connectivity index (χ1v) is 50.2. The van der Waals surface area contributed by atoms with Crippen LogP contribution in [-0.4, -0.2) is 53.6 Å². The molecule has 0 unspecified atom stereocenters. The number of nitrogens with zero attached hydrogens (tertiary/aromatic N) is 11. The monoisotopic (exact) mass is 1920 g/mol. The van der Waals surface area contributed by atoms with Crippen LogP contribution in [0.5, 0.6) is 0 Å². The van der Waals surface area contributed by atoms with Crippen molar-refractivity contribution in [2.75, 3.05) is 0 Å². The summed E-state index contributed by atoms with van der Waals surface area (Å²) in [6, 6.07) is 179. The molecule has 21 aromatic carbocycles. The summed E-state index contributed by atoms with van der Waals surface area (Å²) in [5.74, 6) is 4.14. The normalized spacial score (nSPS) is 11.6. The Morgan fingerprint density at radius 2 is 0.393 bits per heavy atom. The Morgan fingerprint density at radius 3 is 0.773 bits per heavy atom. The standard InChI is InChI=1S/C46H29N3O.2C45H28N4O/c1-3-11-30(12-4-1)32-19-23-34(24-20-32)40-28-41(35-25-21-33(22-26-35)31-13-5-2-6-14-31)48-46(47-40)49-42-17-9-7-15-36(42)38-27-39-37-16-8-10-18-44(37)50-45(39)29-43(38)49;1-3-11-29(12-4-1)31-19-23-33(24-20-31)43-46-44(34-25-21-32(22-26-34)30-13-5-2-6-14-30)48-45(47-43)49-39-17-9-7-15-35(39)37-28-42-38(27-40(37)49)36-16-8-10-18-41(36)50-42;1-3-11-29(12-4-1)31-19-23-33(24-20-31)43-46-44(34-25-21-32(22-26-34)30-13-5-2-6-14-30)48-45(47-43)49-38-17-9-7-15-35(38)36-27-28-40-41(42(36)49)37-16-8-10-18-39(37)50-40/h1-29H;2*1-28H. The van der Waals surface area contributed by atoms with E-state index in [0.29, 0.717) is 41.1 Å². The smallest absolute Gasteiger partial charge is 0.238 e. The number of fused-ring (bicyclic) bond motifs is 19. The van der Waals surface area contributed by atoms with Crippen LogP contribution in [0.25, 0.3) is 284 Å². The molecule has 0 spiro atoms. The Bertz CT molecular complexity index is 10100. The van der Waals surface area contributed by atoms with Gasteiger partial charge in [0, 0.05) is 98.7 Å². The number of furan rings is 3. The summed E-state index contributed by atoms with van der Waals surface area (Å²) < 4.78 is 25.6. The number of hydrogen-bond acceptors (Lipinski definition) is 11. The number of hydrogen-bond donors (Lipinski definition) is 0. The van der Waals surface area contributed by atoms with Gasteiger partial charge in [0.15, 0.2) is 23.3 Å². The van der Waals surface area contributed by atoms with Crippen LogP contribution in [0.1, 0.15) is 0 Å². The zero-order valence-corrected chi connectivity index (χ0v) is 80.7. The second-order valence-electron chi connectivity index (χ2n) is 37.6. The van der Waals surface area contributed by atoms with Crippen LogP contribution >= 0.6 is 0 Å². The minimum Gasteiger partial charge on any atom is -0.456 e. The zero-order valence-electron chi connectivity index (χ0n) is 80.7. The Kier molecular flexibility index (Phi) is 21.6. The lowest BCUT2D eigenvalue weighted by molar-refractivity contribution is 0.669. The van der Waals surface area contributed by atoms with Crippen molar-refractivity contribution in [2.24, 2.45) is 0 Å². The van der Waals surface area contributed by atoms with Gasteiger partial charge in [-0.15, -0.1) is 0 Å². The minimum absolute atomic E-state index is 0.549. The molecule has 14 heteroatoms. The van der Waals surface area contributed by atoms with Crippen LogP contribution in [0, 0.1) is 0 Å². The highest BCUT2D eigenvalue weighted by atomic mass is 16.3. The first kappa shape index (κ1) is 87.3. The fourth-order valence-electron chi connectivity index (χ4n) is 21.3. The Hall–Kier alpha value is -20.5. The average Bonchev–Trinajstić information content (AvgIpc) is 1.56. The fraction of sp³-hybridized carbons (Fsp3) is 0. The van der Waals surface area contributed by atoms with E-state index in [1.165, 1.54) is 11.1 Å². The fourth-order valence-corrected chi connectivity index (χ4v) is 21.3. The molecule has 0 aliphatic heterocycles. The lowest BCUT2D eigenvalue weighted by atomic mass is 10.0. The largest absolute Gasteiger partial charge is 0.456 e. The third kappa shape index (κ3) is 15.9. The molecule has 30 aromatic rings. The van der Waals surface area contributed by atoms with Crippen molar-refractivity contribution < 1.29 is 13.3 Å². The molecule has 0 saturated heterocycles. The second-order valence-corrected chi connectivity index (χ2v) is 37.6. The van der Waals surface area contributed by atoms with E-state index >= 15 is 0 Å². The summed E-state index contributed by atoms with van der Waals surface area (Å²) in [5.41, 5.74) is 32.5. The molecule has 9 aromatic heterocycles. The maximum Gasteiger partial charge on any atom is 0.238 e. The van der Waals surface area contributed by atoms with Crippen molar-refractivity contribution in [1.82, 2.24) is 53.6 Å². The number of para-hydroxylation sites is 6. The Morgan fingerprint density at radius 1 is 0.133 bits per heavy atom. The van der Waals surface area contributed by atoms with Gasteiger partial charge in [-0.3, -0.25) is 13.7 Å². The summed E-state index contributed by atoms with van der Waals surface area (Å²) in [6.45, 7) is 0. The first-order valence-electron chi connectivity index (χ1n) is 50.2. The van der Waals surface area contributed by atoms with Crippen LogP contribution < -0.4 is 0 Å².